The van der Waals surface area contributed by atoms with Crippen LogP contribution < -0.4 is 16.3 Å². The van der Waals surface area contributed by atoms with Crippen LogP contribution in [-0.4, -0.2) is 15.5 Å². The highest BCUT2D eigenvalue weighted by atomic mass is 16.2. The van der Waals surface area contributed by atoms with Gasteiger partial charge in [0.2, 0.25) is 5.91 Å². The number of aromatic nitrogens is 2. The van der Waals surface area contributed by atoms with E-state index in [-0.39, 0.29) is 16.9 Å². The summed E-state index contributed by atoms with van der Waals surface area (Å²) in [6.07, 6.45) is 2.74. The molecule has 4 rings (SSSR count). The van der Waals surface area contributed by atoms with Crippen molar-refractivity contribution in [3.63, 3.8) is 0 Å². The average molecular weight is 295 g/mol. The van der Waals surface area contributed by atoms with E-state index in [1.165, 1.54) is 16.7 Å². The highest BCUT2D eigenvalue weighted by molar-refractivity contribution is 6.08. The molecular formula is C16H13N3O3. The molecular weight excluding hydrogens is 282 g/mol. The fraction of sp³-hybridized carbons (Fsp3) is 0.188. The van der Waals surface area contributed by atoms with E-state index in [4.69, 9.17) is 0 Å². The number of amides is 1. The first-order valence-corrected chi connectivity index (χ1v) is 7.04. The third-order valence-electron chi connectivity index (χ3n) is 4.19. The van der Waals surface area contributed by atoms with Crippen LogP contribution >= 0.6 is 0 Å². The predicted octanol–water partition coefficient (Wildman–Crippen LogP) is 1.25. The van der Waals surface area contributed by atoms with E-state index in [9.17, 15) is 14.4 Å². The smallest absolute Gasteiger partial charge is 0.276 e. The molecule has 1 aliphatic rings. The van der Waals surface area contributed by atoms with E-state index in [2.05, 4.69) is 16.9 Å². The predicted molar refractivity (Wildman–Crippen MR) is 83.1 cm³/mol. The first-order chi connectivity index (χ1) is 10.6. The van der Waals surface area contributed by atoms with Gasteiger partial charge in [-0.2, -0.15) is 0 Å². The first kappa shape index (κ1) is 12.8. The van der Waals surface area contributed by atoms with Crippen LogP contribution in [0.2, 0.25) is 0 Å². The molecule has 6 nitrogen and oxygen atoms in total. The third-order valence-corrected chi connectivity index (χ3v) is 4.19. The molecule has 2 N–H and O–H groups in total. The number of pyridine rings is 1. The lowest BCUT2D eigenvalue weighted by Crippen LogP contribution is -2.39. The van der Waals surface area contributed by atoms with Crippen LogP contribution in [0.25, 0.3) is 21.8 Å². The summed E-state index contributed by atoms with van der Waals surface area (Å²) in [6, 6.07) is 4.05. The maximum Gasteiger partial charge on any atom is 0.276 e. The Bertz CT molecular complexity index is 1040. The van der Waals surface area contributed by atoms with E-state index in [0.717, 1.165) is 0 Å². The van der Waals surface area contributed by atoms with Crippen LogP contribution in [-0.2, 0) is 4.79 Å². The molecule has 6 heteroatoms. The molecule has 0 saturated carbocycles. The standard InChI is InChI=1S/C16H13N3O3/c1-8-2-3-11(15(21)18-8)19-12-7-10(20)6-9-4-5-17-14(13(9)12)16(19)22/h4-7,11,17H,1-3H2,(H,18,21). The number of rotatable bonds is 1. The molecule has 1 atom stereocenters. The molecule has 3 aromatic rings. The molecule has 1 saturated heterocycles. The number of nitrogens with one attached hydrogen (secondary N) is 2. The van der Waals surface area contributed by atoms with Crippen molar-refractivity contribution in [1.82, 2.24) is 14.9 Å². The summed E-state index contributed by atoms with van der Waals surface area (Å²) < 4.78 is 1.43. The number of hydrogen-bond donors (Lipinski definition) is 2. The number of allylic oxidation sites excluding steroid dienone is 1. The molecule has 22 heavy (non-hydrogen) atoms. The second-order valence-corrected chi connectivity index (χ2v) is 5.58. The van der Waals surface area contributed by atoms with E-state index in [1.807, 2.05) is 0 Å². The van der Waals surface area contributed by atoms with Gasteiger partial charge in [0, 0.05) is 23.3 Å². The molecule has 110 valence electrons. The minimum atomic E-state index is -0.621. The Labute approximate surface area is 124 Å². The molecule has 2 aromatic heterocycles. The van der Waals surface area contributed by atoms with Crippen molar-refractivity contribution in [2.45, 2.75) is 18.9 Å². The number of nitrogens with zero attached hydrogens (tertiary/aromatic N) is 1. The molecule has 3 heterocycles. The van der Waals surface area contributed by atoms with Crippen molar-refractivity contribution < 1.29 is 4.79 Å². The summed E-state index contributed by atoms with van der Waals surface area (Å²) in [5, 5.41) is 4.08. The van der Waals surface area contributed by atoms with E-state index in [1.54, 1.807) is 12.3 Å². The van der Waals surface area contributed by atoms with Crippen LogP contribution in [0.15, 0.2) is 46.3 Å². The van der Waals surface area contributed by atoms with Crippen molar-refractivity contribution in [3.8, 4) is 0 Å². The SMILES string of the molecule is C=C1CCC(n2c(=O)c3[nH]ccc4cc(=O)cc2c43)C(=O)N1. The number of benzene rings is 1. The van der Waals surface area contributed by atoms with Crippen molar-refractivity contribution >= 4 is 27.7 Å². The molecule has 1 unspecified atom stereocenters. The molecule has 1 amide bonds. The Kier molecular flexibility index (Phi) is 2.51. The molecule has 1 fully saturated rings. The van der Waals surface area contributed by atoms with Crippen molar-refractivity contribution in [2.75, 3.05) is 0 Å². The second-order valence-electron chi connectivity index (χ2n) is 5.58. The summed E-state index contributed by atoms with van der Waals surface area (Å²) >= 11 is 0. The van der Waals surface area contributed by atoms with Crippen LogP contribution in [0.3, 0.4) is 0 Å². The number of piperidine rings is 1. The van der Waals surface area contributed by atoms with Gasteiger partial charge in [-0.3, -0.25) is 19.0 Å². The zero-order chi connectivity index (χ0) is 15.4. The third kappa shape index (κ3) is 1.64. The Morgan fingerprint density at radius 3 is 2.82 bits per heavy atom. The lowest BCUT2D eigenvalue weighted by molar-refractivity contribution is -0.124. The summed E-state index contributed by atoms with van der Waals surface area (Å²) in [5.41, 5.74) is 1.12. The van der Waals surface area contributed by atoms with Crippen LogP contribution in [0.5, 0.6) is 0 Å². The highest BCUT2D eigenvalue weighted by Crippen LogP contribution is 2.28. The Morgan fingerprint density at radius 1 is 1.23 bits per heavy atom. The topological polar surface area (TPSA) is 84.0 Å². The minimum absolute atomic E-state index is 0.181. The van der Waals surface area contributed by atoms with Crippen molar-refractivity contribution in [3.05, 3.63) is 57.2 Å². The average Bonchev–Trinajstić information content (AvgIpc) is 2.74. The Hall–Kier alpha value is -2.89. The van der Waals surface area contributed by atoms with E-state index in [0.29, 0.717) is 40.3 Å². The summed E-state index contributed by atoms with van der Waals surface area (Å²) in [5.74, 6) is -0.262. The van der Waals surface area contributed by atoms with Gasteiger partial charge in [0.25, 0.3) is 5.56 Å². The lowest BCUT2D eigenvalue weighted by atomic mass is 10.0. The Balaban J connectivity index is 2.08. The normalized spacial score (nSPS) is 19.0. The second kappa shape index (κ2) is 4.30. The van der Waals surface area contributed by atoms with Gasteiger partial charge in [-0.05, 0) is 30.4 Å². The van der Waals surface area contributed by atoms with Crippen molar-refractivity contribution in [1.29, 1.82) is 0 Å². The van der Waals surface area contributed by atoms with Gasteiger partial charge in [0.1, 0.15) is 11.6 Å². The zero-order valence-electron chi connectivity index (χ0n) is 11.7. The lowest BCUT2D eigenvalue weighted by Gasteiger charge is -2.24. The number of H-pyrrole nitrogens is 1. The van der Waals surface area contributed by atoms with Gasteiger partial charge in [-0.15, -0.1) is 0 Å². The number of hydrogen-bond acceptors (Lipinski definition) is 3. The molecule has 0 spiro atoms. The van der Waals surface area contributed by atoms with Crippen LogP contribution in [0.1, 0.15) is 18.9 Å². The van der Waals surface area contributed by atoms with Gasteiger partial charge < -0.3 is 10.3 Å². The van der Waals surface area contributed by atoms with Gasteiger partial charge >= 0.3 is 0 Å². The number of carbonyl (C=O) groups excluding carboxylic acids is 1. The van der Waals surface area contributed by atoms with Gasteiger partial charge in [-0.25, -0.2) is 0 Å². The Morgan fingerprint density at radius 2 is 2.05 bits per heavy atom. The van der Waals surface area contributed by atoms with Gasteiger partial charge in [0.15, 0.2) is 5.43 Å². The summed E-state index contributed by atoms with van der Waals surface area (Å²) in [6.45, 7) is 3.75. The van der Waals surface area contributed by atoms with E-state index >= 15 is 0 Å². The molecule has 1 aliphatic heterocycles. The fourth-order valence-corrected chi connectivity index (χ4v) is 3.22. The fourth-order valence-electron chi connectivity index (χ4n) is 3.22. The molecule has 0 radical (unpaired) electrons. The minimum Gasteiger partial charge on any atom is -0.357 e. The van der Waals surface area contributed by atoms with Crippen molar-refractivity contribution in [2.24, 2.45) is 0 Å². The largest absolute Gasteiger partial charge is 0.357 e. The molecule has 0 bridgehead atoms. The zero-order valence-corrected chi connectivity index (χ0v) is 11.7. The maximum atomic E-state index is 12.7. The quantitative estimate of drug-likeness (QED) is 0.708. The maximum absolute atomic E-state index is 12.7. The summed E-state index contributed by atoms with van der Waals surface area (Å²) in [4.78, 5) is 39.8. The molecule has 0 aliphatic carbocycles. The van der Waals surface area contributed by atoms with Crippen LogP contribution in [0, 0.1) is 0 Å². The number of carbonyl (C=O) groups is 1. The monoisotopic (exact) mass is 295 g/mol. The van der Waals surface area contributed by atoms with E-state index < -0.39 is 6.04 Å². The van der Waals surface area contributed by atoms with Crippen LogP contribution in [0.4, 0.5) is 0 Å². The summed E-state index contributed by atoms with van der Waals surface area (Å²) in [7, 11) is 0. The van der Waals surface area contributed by atoms with Gasteiger partial charge in [0.05, 0.1) is 5.52 Å². The van der Waals surface area contributed by atoms with Gasteiger partial charge in [-0.1, -0.05) is 6.58 Å². The first-order valence-electron chi connectivity index (χ1n) is 7.04. The number of aromatic amines is 1. The highest BCUT2D eigenvalue weighted by Gasteiger charge is 2.29. The molecule has 1 aromatic carbocycles.